The zero-order chi connectivity index (χ0) is 32.0. The van der Waals surface area contributed by atoms with Crippen molar-refractivity contribution >= 4 is 40.6 Å². The maximum Gasteiger partial charge on any atom is 0.342 e. The molecule has 1 atom stereocenters. The fourth-order valence-electron chi connectivity index (χ4n) is 4.76. The summed E-state index contributed by atoms with van der Waals surface area (Å²) in [5.41, 5.74) is 4.08. The van der Waals surface area contributed by atoms with Crippen molar-refractivity contribution in [2.24, 2.45) is 0 Å². The number of hydrogen-bond donors (Lipinski definition) is 1. The van der Waals surface area contributed by atoms with Crippen LogP contribution in [0.4, 0.5) is 0 Å². The second-order valence-electron chi connectivity index (χ2n) is 9.55. The lowest BCUT2D eigenvalue weighted by Gasteiger charge is -2.27. The molecule has 0 radical (unpaired) electrons. The highest BCUT2D eigenvalue weighted by Gasteiger charge is 2.50. The summed E-state index contributed by atoms with van der Waals surface area (Å²) in [7, 11) is 6.02. The molecular weight excluding hydrogens is 600 g/mol. The molecule has 0 spiro atoms. The topological polar surface area (TPSA) is 152 Å². The van der Waals surface area contributed by atoms with E-state index in [0.717, 1.165) is 29.1 Å². The van der Waals surface area contributed by atoms with Gasteiger partial charge in [-0.15, -0.1) is 0 Å². The Balaban J connectivity index is 0.000000342. The average molecular weight is 629 g/mol. The number of nitrogens with zero attached hydrogens (tertiary/aromatic N) is 4. The van der Waals surface area contributed by atoms with Crippen molar-refractivity contribution in [2.75, 3.05) is 28.4 Å². The molecule has 45 heavy (non-hydrogen) atoms. The second-order valence-corrected chi connectivity index (χ2v) is 10.1. The summed E-state index contributed by atoms with van der Waals surface area (Å²) in [5.74, 6) is -1.10. The minimum absolute atomic E-state index is 0.171. The highest BCUT2D eigenvalue weighted by atomic mass is 32.1. The van der Waals surface area contributed by atoms with Crippen LogP contribution in [0.5, 0.6) is 23.3 Å². The van der Waals surface area contributed by atoms with Crippen LogP contribution in [0.25, 0.3) is 16.6 Å². The zero-order valence-corrected chi connectivity index (χ0v) is 25.5. The van der Waals surface area contributed by atoms with Gasteiger partial charge in [-0.25, -0.2) is 14.8 Å². The molecule has 1 unspecified atom stereocenters. The van der Waals surface area contributed by atoms with Crippen molar-refractivity contribution in [1.82, 2.24) is 18.7 Å². The van der Waals surface area contributed by atoms with Crippen molar-refractivity contribution in [1.29, 1.82) is 0 Å². The molecule has 4 heterocycles. The largest absolute Gasteiger partial charge is 0.497 e. The highest BCUT2D eigenvalue weighted by molar-refractivity contribution is 7.00. The van der Waals surface area contributed by atoms with Crippen LogP contribution in [0.2, 0.25) is 0 Å². The lowest BCUT2D eigenvalue weighted by Crippen LogP contribution is -2.30. The molecule has 12 nitrogen and oxygen atoms in total. The Morgan fingerprint density at radius 2 is 1.58 bits per heavy atom. The van der Waals surface area contributed by atoms with E-state index in [1.165, 1.54) is 34.6 Å². The number of carbonyl (C=O) groups excluding carboxylic acids is 2. The summed E-state index contributed by atoms with van der Waals surface area (Å²) in [5, 5.41) is 12.0. The van der Waals surface area contributed by atoms with Crippen LogP contribution in [-0.4, -0.2) is 64.5 Å². The first-order valence-corrected chi connectivity index (χ1v) is 14.1. The quantitative estimate of drug-likeness (QED) is 0.182. The van der Waals surface area contributed by atoms with Gasteiger partial charge < -0.3 is 28.8 Å². The Bertz CT molecular complexity index is 1890. The lowest BCUT2D eigenvalue weighted by molar-refractivity contribution is -0.185. The first kappa shape index (κ1) is 31.0. The van der Waals surface area contributed by atoms with Gasteiger partial charge in [-0.3, -0.25) is 4.79 Å². The molecule has 13 heteroatoms. The number of pyridine rings is 2. The van der Waals surface area contributed by atoms with E-state index in [1.54, 1.807) is 66.9 Å². The molecule has 1 N–H and O–H groups in total. The van der Waals surface area contributed by atoms with Gasteiger partial charge in [0.05, 0.1) is 51.3 Å². The van der Waals surface area contributed by atoms with E-state index in [4.69, 9.17) is 23.7 Å². The van der Waals surface area contributed by atoms with Gasteiger partial charge in [0.25, 0.3) is 5.79 Å². The maximum atomic E-state index is 13.3. The number of aromatic nitrogens is 4. The number of aldehydes is 1. The van der Waals surface area contributed by atoms with Gasteiger partial charge in [-0.1, -0.05) is 6.07 Å². The van der Waals surface area contributed by atoms with Crippen LogP contribution < -0.4 is 18.9 Å². The van der Waals surface area contributed by atoms with E-state index in [-0.39, 0.29) is 17.6 Å². The van der Waals surface area contributed by atoms with E-state index >= 15 is 0 Å². The van der Waals surface area contributed by atoms with E-state index in [0.29, 0.717) is 45.5 Å². The average Bonchev–Trinajstić information content (AvgIpc) is 3.65. The van der Waals surface area contributed by atoms with Gasteiger partial charge in [-0.05, 0) is 53.6 Å². The molecule has 0 bridgehead atoms. The minimum Gasteiger partial charge on any atom is -0.497 e. The predicted octanol–water partition coefficient (Wildman–Crippen LogP) is 4.41. The van der Waals surface area contributed by atoms with Crippen molar-refractivity contribution in [2.45, 2.75) is 12.2 Å². The van der Waals surface area contributed by atoms with E-state index in [1.807, 2.05) is 0 Å². The number of carbonyl (C=O) groups is 2. The van der Waals surface area contributed by atoms with Gasteiger partial charge in [0, 0.05) is 42.1 Å². The van der Waals surface area contributed by atoms with Gasteiger partial charge in [-0.2, -0.15) is 8.75 Å². The van der Waals surface area contributed by atoms with Crippen molar-refractivity contribution in [3.8, 4) is 23.3 Å². The number of rotatable bonds is 9. The Labute approximate surface area is 262 Å². The summed E-state index contributed by atoms with van der Waals surface area (Å²) in [6, 6.07) is 17.0. The van der Waals surface area contributed by atoms with Crippen LogP contribution in [0.15, 0.2) is 78.6 Å². The molecule has 6 rings (SSSR count). The summed E-state index contributed by atoms with van der Waals surface area (Å²) >= 11 is 1.09. The van der Waals surface area contributed by atoms with Gasteiger partial charge in [0.2, 0.25) is 11.8 Å². The summed E-state index contributed by atoms with van der Waals surface area (Å²) in [6.45, 7) is 0. The van der Waals surface area contributed by atoms with Gasteiger partial charge in [0.1, 0.15) is 28.8 Å². The van der Waals surface area contributed by atoms with Crippen molar-refractivity contribution in [3.63, 3.8) is 0 Å². The molecule has 2 aromatic carbocycles. The Morgan fingerprint density at radius 3 is 2.29 bits per heavy atom. The van der Waals surface area contributed by atoms with Crippen LogP contribution in [-0.2, 0) is 21.7 Å². The number of methoxy groups -OCH3 is 4. The van der Waals surface area contributed by atoms with E-state index in [9.17, 15) is 14.7 Å². The number of fused-ring (bicyclic) bond motifs is 1. The lowest BCUT2D eigenvalue weighted by atomic mass is 9.87. The third-order valence-corrected chi connectivity index (χ3v) is 7.52. The number of ether oxygens (including phenoxy) is 5. The van der Waals surface area contributed by atoms with Crippen LogP contribution in [0.3, 0.4) is 0 Å². The molecular formula is C32H28N4O8S. The molecule has 1 aliphatic rings. The van der Waals surface area contributed by atoms with Crippen molar-refractivity contribution < 1.29 is 38.4 Å². The summed E-state index contributed by atoms with van der Waals surface area (Å²) in [4.78, 5) is 31.5. The Kier molecular flexibility index (Phi) is 9.31. The highest BCUT2D eigenvalue weighted by Crippen LogP contribution is 2.48. The Hall–Kier alpha value is -5.40. The van der Waals surface area contributed by atoms with Crippen molar-refractivity contribution in [3.05, 3.63) is 101 Å². The number of hydrogen-bond acceptors (Lipinski definition) is 13. The SMILES string of the molecule is COc1cc(C=O)ccn1.COc1ccc(OC)c(C2(O)OC(=O)C(c3ccc4nsnc4c3)=C2Cc2ccnc(OC)c2)c1. The summed E-state index contributed by atoms with van der Waals surface area (Å²) in [6.07, 6.45) is 4.06. The zero-order valence-electron chi connectivity index (χ0n) is 24.7. The molecule has 0 saturated heterocycles. The number of esters is 1. The standard InChI is InChI=1S/C25H21N3O6S.C7H7NO2/c1-31-16-5-7-21(32-2)17(13-16)25(30)18(10-14-8-9-26-22(11-14)33-3)23(24(29)34-25)15-4-6-19-20(12-15)28-35-27-19;1-10-7-4-6(5-9)2-3-8-7/h4-9,11-13,30H,10H2,1-3H3;2-5H,1H3. The predicted molar refractivity (Wildman–Crippen MR) is 165 cm³/mol. The summed E-state index contributed by atoms with van der Waals surface area (Å²) < 4.78 is 35.1. The Morgan fingerprint density at radius 1 is 0.844 bits per heavy atom. The number of aliphatic hydroxyl groups is 1. The minimum atomic E-state index is -2.11. The van der Waals surface area contributed by atoms with Gasteiger partial charge in [0.15, 0.2) is 0 Å². The number of cyclic esters (lactones) is 1. The first-order chi connectivity index (χ1) is 21.8. The van der Waals surface area contributed by atoms with Crippen LogP contribution >= 0.6 is 11.7 Å². The van der Waals surface area contributed by atoms with Gasteiger partial charge >= 0.3 is 5.97 Å². The second kappa shape index (κ2) is 13.5. The van der Waals surface area contributed by atoms with E-state index in [2.05, 4.69) is 18.7 Å². The monoisotopic (exact) mass is 628 g/mol. The fourth-order valence-corrected chi connectivity index (χ4v) is 5.28. The maximum absolute atomic E-state index is 13.3. The van der Waals surface area contributed by atoms with Crippen LogP contribution in [0.1, 0.15) is 27.0 Å². The third-order valence-electron chi connectivity index (χ3n) is 6.96. The van der Waals surface area contributed by atoms with E-state index < -0.39 is 11.8 Å². The molecule has 0 aliphatic carbocycles. The molecule has 0 fully saturated rings. The first-order valence-electron chi connectivity index (χ1n) is 13.4. The van der Waals surface area contributed by atoms with Crippen LogP contribution in [0, 0.1) is 0 Å². The molecule has 5 aromatic rings. The molecule has 230 valence electrons. The number of benzene rings is 2. The fraction of sp³-hybridized carbons (Fsp3) is 0.188. The molecule has 0 amide bonds. The third kappa shape index (κ3) is 6.44. The smallest absolute Gasteiger partial charge is 0.342 e. The molecule has 1 aliphatic heterocycles. The molecule has 0 saturated carbocycles. The molecule has 3 aromatic heterocycles. The normalized spacial score (nSPS) is 15.6.